The van der Waals surface area contributed by atoms with Crippen LogP contribution in [0.5, 0.6) is 0 Å². The fourth-order valence-electron chi connectivity index (χ4n) is 1.91. The van der Waals surface area contributed by atoms with Gasteiger partial charge in [-0.2, -0.15) is 5.10 Å². The monoisotopic (exact) mass is 229 g/mol. The third-order valence-electron chi connectivity index (χ3n) is 3.07. The van der Waals surface area contributed by atoms with Gasteiger partial charge in [0.2, 0.25) is 0 Å². The van der Waals surface area contributed by atoms with E-state index in [1.165, 1.54) is 5.56 Å². The molecule has 17 heavy (non-hydrogen) atoms. The zero-order valence-corrected chi connectivity index (χ0v) is 10.7. The van der Waals surface area contributed by atoms with Crippen molar-refractivity contribution in [2.24, 2.45) is 0 Å². The summed E-state index contributed by atoms with van der Waals surface area (Å²) in [5, 5.41) is 7.37. The molecule has 1 heterocycles. The first-order valence-electron chi connectivity index (χ1n) is 6.12. The Balaban J connectivity index is 2.31. The Morgan fingerprint density at radius 3 is 2.53 bits per heavy atom. The van der Waals surface area contributed by atoms with Crippen molar-refractivity contribution in [2.75, 3.05) is 0 Å². The highest BCUT2D eigenvalue weighted by Gasteiger charge is 2.27. The highest BCUT2D eigenvalue weighted by Crippen LogP contribution is 2.28. The molecule has 1 aromatic carbocycles. The Hall–Kier alpha value is -1.64. The Bertz CT molecular complexity index is 471. The maximum Gasteiger partial charge on any atom is 0.160 e. The number of aromatic nitrogens is 3. The Morgan fingerprint density at radius 1 is 1.18 bits per heavy atom. The van der Waals surface area contributed by atoms with Crippen molar-refractivity contribution in [3.63, 3.8) is 0 Å². The first kappa shape index (κ1) is 11.8. The molecule has 3 heteroatoms. The van der Waals surface area contributed by atoms with Gasteiger partial charge in [0, 0.05) is 6.42 Å². The van der Waals surface area contributed by atoms with E-state index in [0.29, 0.717) is 0 Å². The molecule has 3 nitrogen and oxygen atoms in total. The van der Waals surface area contributed by atoms with Crippen LogP contribution in [0.15, 0.2) is 30.3 Å². The number of aromatic amines is 1. The number of nitrogens with zero attached hydrogens (tertiary/aromatic N) is 2. The molecule has 0 aliphatic heterocycles. The summed E-state index contributed by atoms with van der Waals surface area (Å²) in [6.45, 7) is 6.45. The number of H-pyrrole nitrogens is 1. The van der Waals surface area contributed by atoms with Gasteiger partial charge in [-0.05, 0) is 25.8 Å². The number of aryl methyl sites for hydroxylation is 1. The van der Waals surface area contributed by atoms with E-state index in [1.807, 2.05) is 6.07 Å². The van der Waals surface area contributed by atoms with Crippen LogP contribution in [-0.2, 0) is 11.8 Å². The van der Waals surface area contributed by atoms with Gasteiger partial charge in [-0.25, -0.2) is 4.98 Å². The minimum atomic E-state index is -0.149. The van der Waals surface area contributed by atoms with Crippen LogP contribution < -0.4 is 0 Å². The highest BCUT2D eigenvalue weighted by molar-refractivity contribution is 5.30. The molecule has 0 atom stereocenters. The van der Waals surface area contributed by atoms with Crippen LogP contribution in [0.3, 0.4) is 0 Å². The first-order valence-corrected chi connectivity index (χ1v) is 6.12. The molecular weight excluding hydrogens is 210 g/mol. The van der Waals surface area contributed by atoms with Crippen molar-refractivity contribution in [2.45, 2.75) is 39.0 Å². The molecule has 2 aromatic rings. The topological polar surface area (TPSA) is 41.6 Å². The van der Waals surface area contributed by atoms with Crippen LogP contribution in [0.1, 0.15) is 44.4 Å². The average Bonchev–Trinajstić information content (AvgIpc) is 2.80. The number of rotatable bonds is 4. The van der Waals surface area contributed by atoms with Crippen molar-refractivity contribution >= 4 is 0 Å². The summed E-state index contributed by atoms with van der Waals surface area (Å²) in [5.41, 5.74) is 1.09. The third kappa shape index (κ3) is 2.38. The van der Waals surface area contributed by atoms with Crippen LogP contribution in [-0.4, -0.2) is 15.2 Å². The Morgan fingerprint density at radius 2 is 1.88 bits per heavy atom. The molecule has 1 aromatic heterocycles. The Kier molecular flexibility index (Phi) is 3.27. The molecular formula is C14H19N3. The number of nitrogens with one attached hydrogen (secondary N) is 1. The minimum absolute atomic E-state index is 0.149. The van der Waals surface area contributed by atoms with Crippen LogP contribution in [0.2, 0.25) is 0 Å². The lowest BCUT2D eigenvalue weighted by Gasteiger charge is -2.21. The van der Waals surface area contributed by atoms with Crippen molar-refractivity contribution in [3.05, 3.63) is 47.5 Å². The molecule has 0 radical (unpaired) electrons. The first-order chi connectivity index (χ1) is 8.14. The highest BCUT2D eigenvalue weighted by atomic mass is 15.2. The summed E-state index contributed by atoms with van der Waals surface area (Å²) in [6.07, 6.45) is 2.04. The van der Waals surface area contributed by atoms with E-state index in [0.717, 1.165) is 24.5 Å². The van der Waals surface area contributed by atoms with Gasteiger partial charge in [-0.1, -0.05) is 37.3 Å². The summed E-state index contributed by atoms with van der Waals surface area (Å²) < 4.78 is 0. The second kappa shape index (κ2) is 4.70. The normalized spacial score (nSPS) is 11.7. The van der Waals surface area contributed by atoms with Gasteiger partial charge in [0.05, 0.1) is 5.41 Å². The van der Waals surface area contributed by atoms with E-state index >= 15 is 0 Å². The second-order valence-electron chi connectivity index (χ2n) is 4.85. The molecule has 0 saturated heterocycles. The number of hydrogen-bond acceptors (Lipinski definition) is 2. The summed E-state index contributed by atoms with van der Waals surface area (Å²) >= 11 is 0. The summed E-state index contributed by atoms with van der Waals surface area (Å²) in [5.74, 6) is 1.85. The van der Waals surface area contributed by atoms with Gasteiger partial charge in [0.1, 0.15) is 5.82 Å². The Labute approximate surface area is 102 Å². The molecule has 0 bridgehead atoms. The van der Waals surface area contributed by atoms with E-state index in [-0.39, 0.29) is 5.41 Å². The largest absolute Gasteiger partial charge is 0.263 e. The molecule has 0 aliphatic carbocycles. The van der Waals surface area contributed by atoms with E-state index in [1.54, 1.807) is 0 Å². The standard InChI is InChI=1S/C14H19N3/c1-4-8-12-15-13(17-16-12)14(2,3)11-9-6-5-7-10-11/h5-7,9-10H,4,8H2,1-3H3,(H,15,16,17). The summed E-state index contributed by atoms with van der Waals surface area (Å²) in [6, 6.07) is 10.4. The third-order valence-corrected chi connectivity index (χ3v) is 3.07. The molecule has 2 rings (SSSR count). The van der Waals surface area contributed by atoms with E-state index in [4.69, 9.17) is 0 Å². The van der Waals surface area contributed by atoms with Gasteiger partial charge in [-0.3, -0.25) is 5.10 Å². The fraction of sp³-hybridized carbons (Fsp3) is 0.429. The molecule has 90 valence electrons. The van der Waals surface area contributed by atoms with Gasteiger partial charge in [0.25, 0.3) is 0 Å². The van der Waals surface area contributed by atoms with E-state index in [9.17, 15) is 0 Å². The average molecular weight is 229 g/mol. The van der Waals surface area contributed by atoms with Gasteiger partial charge in [0.15, 0.2) is 5.82 Å². The fourth-order valence-corrected chi connectivity index (χ4v) is 1.91. The summed E-state index contributed by atoms with van der Waals surface area (Å²) in [4.78, 5) is 4.58. The number of hydrogen-bond donors (Lipinski definition) is 1. The lowest BCUT2D eigenvalue weighted by atomic mass is 9.84. The zero-order valence-electron chi connectivity index (χ0n) is 10.7. The van der Waals surface area contributed by atoms with Crippen molar-refractivity contribution in [1.29, 1.82) is 0 Å². The lowest BCUT2D eigenvalue weighted by molar-refractivity contribution is 0.593. The van der Waals surface area contributed by atoms with Gasteiger partial charge < -0.3 is 0 Å². The van der Waals surface area contributed by atoms with Crippen LogP contribution in [0.4, 0.5) is 0 Å². The molecule has 0 aliphatic rings. The zero-order chi connectivity index (χ0) is 12.3. The van der Waals surface area contributed by atoms with Crippen LogP contribution in [0.25, 0.3) is 0 Å². The van der Waals surface area contributed by atoms with E-state index in [2.05, 4.69) is 60.2 Å². The SMILES string of the molecule is CCCc1nc(C(C)(C)c2ccccc2)n[nH]1. The molecule has 1 N–H and O–H groups in total. The smallest absolute Gasteiger partial charge is 0.160 e. The summed E-state index contributed by atoms with van der Waals surface area (Å²) in [7, 11) is 0. The van der Waals surface area contributed by atoms with Crippen LogP contribution >= 0.6 is 0 Å². The van der Waals surface area contributed by atoms with Crippen LogP contribution in [0, 0.1) is 0 Å². The lowest BCUT2D eigenvalue weighted by Crippen LogP contribution is -2.20. The predicted octanol–water partition coefficient (Wildman–Crippen LogP) is 3.08. The van der Waals surface area contributed by atoms with Gasteiger partial charge >= 0.3 is 0 Å². The van der Waals surface area contributed by atoms with Gasteiger partial charge in [-0.15, -0.1) is 0 Å². The second-order valence-corrected chi connectivity index (χ2v) is 4.85. The molecule has 0 amide bonds. The molecule has 0 spiro atoms. The van der Waals surface area contributed by atoms with E-state index < -0.39 is 0 Å². The minimum Gasteiger partial charge on any atom is -0.263 e. The maximum absolute atomic E-state index is 4.58. The molecule has 0 saturated carbocycles. The maximum atomic E-state index is 4.58. The van der Waals surface area contributed by atoms with Crippen molar-refractivity contribution in [1.82, 2.24) is 15.2 Å². The number of benzene rings is 1. The van der Waals surface area contributed by atoms with Crippen molar-refractivity contribution in [3.8, 4) is 0 Å². The molecule has 0 unspecified atom stereocenters. The van der Waals surface area contributed by atoms with Crippen molar-refractivity contribution < 1.29 is 0 Å². The predicted molar refractivity (Wildman–Crippen MR) is 68.9 cm³/mol. The molecule has 0 fully saturated rings. The quantitative estimate of drug-likeness (QED) is 0.875.